The van der Waals surface area contributed by atoms with Gasteiger partial charge in [-0.3, -0.25) is 0 Å². The van der Waals surface area contributed by atoms with Crippen molar-refractivity contribution in [3.8, 4) is 5.75 Å². The number of nitrogens with one attached hydrogen (secondary N) is 1. The lowest BCUT2D eigenvalue weighted by Crippen LogP contribution is -2.41. The highest BCUT2D eigenvalue weighted by atomic mass is 19.1. The minimum absolute atomic E-state index is 0.166. The molecule has 0 saturated carbocycles. The molecule has 0 aliphatic heterocycles. The number of nitrogens with zero attached hydrogens (tertiary/aromatic N) is 1. The van der Waals surface area contributed by atoms with Gasteiger partial charge in [0.15, 0.2) is 0 Å². The molecule has 2 aromatic rings. The molecule has 0 heterocycles. The summed E-state index contributed by atoms with van der Waals surface area (Å²) in [6.07, 6.45) is 0. The maximum absolute atomic E-state index is 12.9. The van der Waals surface area contributed by atoms with Crippen molar-refractivity contribution in [2.45, 2.75) is 26.4 Å². The Morgan fingerprint density at radius 2 is 1.96 bits per heavy atom. The maximum Gasteiger partial charge on any atom is 0.318 e. The van der Waals surface area contributed by atoms with E-state index in [0.29, 0.717) is 13.1 Å². The van der Waals surface area contributed by atoms with Crippen LogP contribution in [0.1, 0.15) is 31.0 Å². The fraction of sp³-hybridized carbons (Fsp3) is 0.278. The second-order valence-electron chi connectivity index (χ2n) is 5.34. The SMILES string of the molecule is CCN(C(=O)NCc1ccc(F)cc1)[C@H](C)c1cccc(O)c1. The predicted molar refractivity (Wildman–Crippen MR) is 87.5 cm³/mol. The zero-order chi connectivity index (χ0) is 16.8. The molecule has 0 unspecified atom stereocenters. The Morgan fingerprint density at radius 1 is 1.26 bits per heavy atom. The largest absolute Gasteiger partial charge is 0.508 e. The summed E-state index contributed by atoms with van der Waals surface area (Å²) in [6.45, 7) is 4.68. The minimum Gasteiger partial charge on any atom is -0.508 e. The zero-order valence-corrected chi connectivity index (χ0v) is 13.3. The molecule has 0 radical (unpaired) electrons. The van der Waals surface area contributed by atoms with E-state index in [9.17, 15) is 14.3 Å². The summed E-state index contributed by atoms with van der Waals surface area (Å²) in [5.74, 6) is -0.120. The van der Waals surface area contributed by atoms with Crippen LogP contribution in [-0.2, 0) is 6.54 Å². The molecule has 0 aliphatic carbocycles. The monoisotopic (exact) mass is 316 g/mol. The Labute approximate surface area is 135 Å². The van der Waals surface area contributed by atoms with E-state index in [-0.39, 0.29) is 23.6 Å². The summed E-state index contributed by atoms with van der Waals surface area (Å²) in [6, 6.07) is 12.5. The Bertz CT molecular complexity index is 658. The number of carbonyl (C=O) groups is 1. The minimum atomic E-state index is -0.298. The number of halogens is 1. The van der Waals surface area contributed by atoms with Crippen molar-refractivity contribution >= 4 is 6.03 Å². The van der Waals surface area contributed by atoms with Crippen molar-refractivity contribution in [2.75, 3.05) is 6.54 Å². The molecular formula is C18H21FN2O2. The quantitative estimate of drug-likeness (QED) is 0.881. The van der Waals surface area contributed by atoms with Gasteiger partial charge in [0.1, 0.15) is 11.6 Å². The molecule has 23 heavy (non-hydrogen) atoms. The molecule has 0 aliphatic rings. The number of aromatic hydroxyl groups is 1. The molecule has 4 nitrogen and oxygen atoms in total. The topological polar surface area (TPSA) is 52.6 Å². The van der Waals surface area contributed by atoms with Crippen molar-refractivity contribution in [3.05, 3.63) is 65.5 Å². The van der Waals surface area contributed by atoms with Gasteiger partial charge >= 0.3 is 6.03 Å². The number of hydrogen-bond acceptors (Lipinski definition) is 2. The van der Waals surface area contributed by atoms with E-state index in [0.717, 1.165) is 11.1 Å². The van der Waals surface area contributed by atoms with Gasteiger partial charge in [-0.15, -0.1) is 0 Å². The molecule has 2 N–H and O–H groups in total. The first kappa shape index (κ1) is 16.8. The van der Waals surface area contributed by atoms with E-state index in [1.54, 1.807) is 35.2 Å². The van der Waals surface area contributed by atoms with Gasteiger partial charge in [-0.2, -0.15) is 0 Å². The fourth-order valence-electron chi connectivity index (χ4n) is 2.44. The molecular weight excluding hydrogens is 295 g/mol. The van der Waals surface area contributed by atoms with Gasteiger partial charge < -0.3 is 15.3 Å². The number of phenolic OH excluding ortho intramolecular Hbond substituents is 1. The van der Waals surface area contributed by atoms with Crippen LogP contribution in [0.4, 0.5) is 9.18 Å². The van der Waals surface area contributed by atoms with Crippen LogP contribution < -0.4 is 5.32 Å². The average molecular weight is 316 g/mol. The van der Waals surface area contributed by atoms with E-state index in [2.05, 4.69) is 5.32 Å². The highest BCUT2D eigenvalue weighted by Gasteiger charge is 2.19. The third kappa shape index (κ3) is 4.45. The highest BCUT2D eigenvalue weighted by Crippen LogP contribution is 2.23. The molecule has 2 rings (SSSR count). The van der Waals surface area contributed by atoms with E-state index in [4.69, 9.17) is 0 Å². The van der Waals surface area contributed by atoms with Crippen molar-refractivity contribution in [3.63, 3.8) is 0 Å². The molecule has 0 spiro atoms. The van der Waals surface area contributed by atoms with Crippen molar-refractivity contribution in [1.29, 1.82) is 0 Å². The molecule has 0 aromatic heterocycles. The summed E-state index contributed by atoms with van der Waals surface area (Å²) in [5, 5.41) is 12.4. The average Bonchev–Trinajstić information content (AvgIpc) is 2.55. The van der Waals surface area contributed by atoms with E-state index < -0.39 is 0 Å². The van der Waals surface area contributed by atoms with Crippen molar-refractivity contribution in [1.82, 2.24) is 10.2 Å². The van der Waals surface area contributed by atoms with Crippen LogP contribution in [0.2, 0.25) is 0 Å². The first-order valence-electron chi connectivity index (χ1n) is 7.59. The molecule has 1 atom stereocenters. The van der Waals surface area contributed by atoms with Crippen LogP contribution in [0.5, 0.6) is 5.75 Å². The second-order valence-corrected chi connectivity index (χ2v) is 5.34. The van der Waals surface area contributed by atoms with Crippen LogP contribution in [0.25, 0.3) is 0 Å². The van der Waals surface area contributed by atoms with Gasteiger partial charge in [-0.25, -0.2) is 9.18 Å². The standard InChI is InChI=1S/C18H21FN2O2/c1-3-21(13(2)15-5-4-6-17(22)11-15)18(23)20-12-14-7-9-16(19)10-8-14/h4-11,13,22H,3,12H2,1-2H3,(H,20,23)/t13-/m1/s1. The lowest BCUT2D eigenvalue weighted by Gasteiger charge is -2.28. The number of hydrogen-bond donors (Lipinski definition) is 2. The number of phenols is 1. The molecule has 0 bridgehead atoms. The smallest absolute Gasteiger partial charge is 0.318 e. The van der Waals surface area contributed by atoms with Crippen LogP contribution >= 0.6 is 0 Å². The van der Waals surface area contributed by atoms with Gasteiger partial charge in [0.05, 0.1) is 6.04 Å². The number of benzene rings is 2. The molecule has 2 amide bonds. The van der Waals surface area contributed by atoms with Crippen molar-refractivity contribution < 1.29 is 14.3 Å². The Morgan fingerprint density at radius 3 is 2.57 bits per heavy atom. The second kappa shape index (κ2) is 7.63. The lowest BCUT2D eigenvalue weighted by atomic mass is 10.1. The van der Waals surface area contributed by atoms with Crippen LogP contribution in [0.3, 0.4) is 0 Å². The van der Waals surface area contributed by atoms with Gasteiger partial charge in [0.2, 0.25) is 0 Å². The summed E-state index contributed by atoms with van der Waals surface area (Å²) < 4.78 is 12.9. The van der Waals surface area contributed by atoms with Crippen LogP contribution in [0.15, 0.2) is 48.5 Å². The lowest BCUT2D eigenvalue weighted by molar-refractivity contribution is 0.182. The molecule has 122 valence electrons. The predicted octanol–water partition coefficient (Wildman–Crippen LogP) is 3.82. The number of carbonyl (C=O) groups excluding carboxylic acids is 1. The van der Waals surface area contributed by atoms with Crippen LogP contribution in [-0.4, -0.2) is 22.6 Å². The fourth-order valence-corrected chi connectivity index (χ4v) is 2.44. The van der Waals surface area contributed by atoms with E-state index in [1.807, 2.05) is 19.9 Å². The highest BCUT2D eigenvalue weighted by molar-refractivity contribution is 5.74. The first-order chi connectivity index (χ1) is 11.0. The summed E-state index contributed by atoms with van der Waals surface area (Å²) in [4.78, 5) is 14.1. The Balaban J connectivity index is 2.01. The summed E-state index contributed by atoms with van der Waals surface area (Å²) in [7, 11) is 0. The Kier molecular flexibility index (Phi) is 5.57. The van der Waals surface area contributed by atoms with Gasteiger partial charge in [0.25, 0.3) is 0 Å². The van der Waals surface area contributed by atoms with Gasteiger partial charge in [-0.05, 0) is 49.2 Å². The maximum atomic E-state index is 12.9. The third-order valence-corrected chi connectivity index (χ3v) is 3.78. The summed E-state index contributed by atoms with van der Waals surface area (Å²) in [5.41, 5.74) is 1.70. The van der Waals surface area contributed by atoms with Crippen molar-refractivity contribution in [2.24, 2.45) is 0 Å². The normalized spacial score (nSPS) is 11.8. The van der Waals surface area contributed by atoms with Gasteiger partial charge in [0, 0.05) is 13.1 Å². The van der Waals surface area contributed by atoms with E-state index >= 15 is 0 Å². The summed E-state index contributed by atoms with van der Waals surface area (Å²) >= 11 is 0. The molecule has 2 aromatic carbocycles. The number of urea groups is 1. The first-order valence-corrected chi connectivity index (χ1v) is 7.59. The number of amides is 2. The molecule has 5 heteroatoms. The van der Waals surface area contributed by atoms with Crippen LogP contribution in [0, 0.1) is 5.82 Å². The van der Waals surface area contributed by atoms with Gasteiger partial charge in [-0.1, -0.05) is 24.3 Å². The molecule has 0 saturated heterocycles. The van der Waals surface area contributed by atoms with E-state index in [1.165, 1.54) is 12.1 Å². The third-order valence-electron chi connectivity index (χ3n) is 3.78. The zero-order valence-electron chi connectivity index (χ0n) is 13.3. The molecule has 0 fully saturated rings. The Hall–Kier alpha value is -2.56. The number of rotatable bonds is 5.